The maximum atomic E-state index is 13.8. The van der Waals surface area contributed by atoms with Crippen molar-refractivity contribution < 1.29 is 155 Å². The van der Waals surface area contributed by atoms with Gasteiger partial charge in [-0.25, -0.2) is 4.18 Å². The van der Waals surface area contributed by atoms with Crippen LogP contribution in [0.1, 0.15) is 127 Å². The van der Waals surface area contributed by atoms with Crippen LogP contribution in [-0.4, -0.2) is 305 Å². The van der Waals surface area contributed by atoms with Crippen LogP contribution in [0.4, 0.5) is 0 Å². The Morgan fingerprint density at radius 3 is 1.61 bits per heavy atom. The number of aliphatic hydroxyl groups is 15. The fourth-order valence-corrected chi connectivity index (χ4v) is 18.3. The van der Waals surface area contributed by atoms with Crippen molar-refractivity contribution in [2.75, 3.05) is 13.2 Å². The van der Waals surface area contributed by atoms with Gasteiger partial charge in [0.15, 0.2) is 37.7 Å². The Labute approximate surface area is 563 Å². The van der Waals surface area contributed by atoms with Crippen molar-refractivity contribution in [3.63, 3.8) is 0 Å². The van der Waals surface area contributed by atoms with Crippen LogP contribution in [0.25, 0.3) is 0 Å². The Hall–Kier alpha value is -1.80. The Kier molecular flexibility index (Phi) is 24.3. The summed E-state index contributed by atoms with van der Waals surface area (Å²) in [5, 5.41) is 170. The first-order chi connectivity index (χ1) is 45.3. The second kappa shape index (κ2) is 30.3. The van der Waals surface area contributed by atoms with E-state index < -0.39 is 236 Å². The molecule has 6 heterocycles. The van der Waals surface area contributed by atoms with Crippen LogP contribution in [0, 0.1) is 46.3 Å². The molecule has 16 N–H and O–H groups in total. The van der Waals surface area contributed by atoms with Crippen molar-refractivity contribution in [1.82, 2.24) is 0 Å². The normalized spacial score (nSPS) is 51.5. The smallest absolute Gasteiger partial charge is 0.394 e. The molecule has 0 amide bonds. The number of carbonyl (C=O) groups is 1. The topological polar surface area (TPSA) is 495 Å². The quantitative estimate of drug-likeness (QED) is 0.0398. The van der Waals surface area contributed by atoms with E-state index >= 15 is 0 Å². The Bertz CT molecular complexity index is 2790. The molecule has 9 fully saturated rings. The molecule has 3 saturated carbocycles. The highest BCUT2D eigenvalue weighted by Crippen LogP contribution is 2.68. The third-order valence-electron chi connectivity index (χ3n) is 23.4. The number of hydrogen-bond acceptors (Lipinski definition) is 31. The fraction of sp³-hybridized carbons (Fsp3) is 0.953. The maximum Gasteiger partial charge on any atom is 0.397 e. The zero-order valence-corrected chi connectivity index (χ0v) is 57.1. The number of Topliss-reactive ketones (excluding diaryl/α,β-unsaturated/α-hetero) is 1. The van der Waals surface area contributed by atoms with Crippen LogP contribution in [0.2, 0.25) is 0 Å². The summed E-state index contributed by atoms with van der Waals surface area (Å²) in [5.74, 6) is -1.14. The molecule has 0 aromatic rings. The highest BCUT2D eigenvalue weighted by Gasteiger charge is 2.64. The number of allylic oxidation sites excluding steroid dienone is 2. The van der Waals surface area contributed by atoms with Gasteiger partial charge in [0.05, 0.1) is 55.4 Å². The van der Waals surface area contributed by atoms with Gasteiger partial charge in [0.1, 0.15) is 122 Å². The molecule has 33 heteroatoms. The van der Waals surface area contributed by atoms with Gasteiger partial charge < -0.3 is 133 Å². The SMILES string of the molecule is CC[C@H](C(=O)C[C@](C)(O)C1CCC2C3C[C@H](OC4OC(C)C(O)C(OC5OCC(OC6OC(CO)C(O)C(O)C6OC6OC(C)C(O)C(OC7OC(C)C(O)C(O)C7O)C6O)C(O)C5OC5OC(C)C(O)C(O)C5O)C4O)[C@H]4C[C@@H](OS(=O)(=O)O)CCC4(C)C3=CCC21C)C(C)C. The number of hydrogen-bond donors (Lipinski definition) is 16. The monoisotopic (exact) mass is 1420 g/mol. The molecule has 0 aromatic carbocycles. The van der Waals surface area contributed by atoms with Crippen molar-refractivity contribution >= 4 is 16.2 Å². The summed E-state index contributed by atoms with van der Waals surface area (Å²) in [7, 11) is -4.91. The molecule has 32 nitrogen and oxygen atoms in total. The summed E-state index contributed by atoms with van der Waals surface area (Å²) in [4.78, 5) is 13.8. The van der Waals surface area contributed by atoms with Gasteiger partial charge in [-0.1, -0.05) is 46.3 Å². The van der Waals surface area contributed by atoms with Gasteiger partial charge in [-0.15, -0.1) is 0 Å². The summed E-state index contributed by atoms with van der Waals surface area (Å²) < 4.78 is 113. The van der Waals surface area contributed by atoms with Crippen LogP contribution < -0.4 is 0 Å². The highest BCUT2D eigenvalue weighted by molar-refractivity contribution is 7.80. The lowest BCUT2D eigenvalue weighted by Crippen LogP contribution is -2.67. The van der Waals surface area contributed by atoms with E-state index in [0.29, 0.717) is 38.5 Å². The summed E-state index contributed by atoms with van der Waals surface area (Å²) in [6.07, 6.45) is -46.6. The molecule has 10 rings (SSSR count). The highest BCUT2D eigenvalue weighted by atomic mass is 32.3. The third-order valence-corrected chi connectivity index (χ3v) is 23.9. The zero-order valence-electron chi connectivity index (χ0n) is 56.3. The molecule has 34 unspecified atom stereocenters. The van der Waals surface area contributed by atoms with E-state index in [1.165, 1.54) is 27.7 Å². The molecular weight excluding hydrogens is 1310 g/mol. The Morgan fingerprint density at radius 2 is 1.08 bits per heavy atom. The van der Waals surface area contributed by atoms with Crippen molar-refractivity contribution in [3.8, 4) is 0 Å². The van der Waals surface area contributed by atoms with Crippen molar-refractivity contribution in [2.24, 2.45) is 46.3 Å². The van der Waals surface area contributed by atoms with E-state index in [1.54, 1.807) is 6.92 Å². The van der Waals surface area contributed by atoms with Crippen molar-refractivity contribution in [1.29, 1.82) is 0 Å². The van der Waals surface area contributed by atoms with E-state index in [1.807, 2.05) is 20.8 Å². The average Bonchev–Trinajstić information content (AvgIpc) is 1.67. The number of aliphatic hydroxyl groups excluding tert-OH is 14. The van der Waals surface area contributed by atoms with Gasteiger partial charge >= 0.3 is 10.4 Å². The molecule has 6 aliphatic heterocycles. The second-order valence-electron chi connectivity index (χ2n) is 30.0. The summed E-state index contributed by atoms with van der Waals surface area (Å²) in [5.41, 5.74) is -1.38. The van der Waals surface area contributed by atoms with Crippen LogP contribution >= 0.6 is 0 Å². The molecule has 4 aliphatic carbocycles. The molecule has 6 saturated heterocycles. The molecule has 0 radical (unpaired) electrons. The minimum Gasteiger partial charge on any atom is -0.394 e. The van der Waals surface area contributed by atoms with E-state index in [0.717, 1.165) is 5.57 Å². The van der Waals surface area contributed by atoms with Crippen molar-refractivity contribution in [3.05, 3.63) is 11.6 Å². The number of fused-ring (bicyclic) bond motifs is 5. The lowest BCUT2D eigenvalue weighted by atomic mass is 9.47. The molecule has 39 atom stereocenters. The standard InChI is InChI=1S/C64H106O32S/c1-11-29(23(2)3)34(66)20-64(10,80)38-13-12-31-30-19-35(33-18-28(96-97(81,82)83)14-16-62(33,8)32(30)15-17-63(31,38)9)89-58-50(78)53(42(70)26(6)87-58)93-60-54(94-57-49(77)46(74)40(68)25(5)86-57)44(72)37(22-84-60)91-61-55(47(75)43(71)36(21-65)90-61)95-59-51(79)52(41(69)27(7)88-59)92-56-48(76)45(73)39(67)24(4)85-56/h15,23-31,33,35-61,65,67-80H,11-14,16-22H2,1-10H3,(H,81,82,83)/t24?,25?,26?,27?,28-,29-,30?,31?,33+,35-,36?,37?,38?,39?,40?,41?,42?,43?,44?,45?,46?,47?,48?,49?,50?,51?,52?,53?,54?,55?,56?,57?,58?,59?,60?,61?,62?,63?,64-/m0/s1. The number of ether oxygens (including phenoxy) is 12. The van der Waals surface area contributed by atoms with E-state index in [4.69, 9.17) is 61.0 Å². The number of rotatable bonds is 21. The summed E-state index contributed by atoms with van der Waals surface area (Å²) >= 11 is 0. The van der Waals surface area contributed by atoms with Gasteiger partial charge in [0, 0.05) is 12.3 Å². The molecule has 0 aromatic heterocycles. The van der Waals surface area contributed by atoms with Gasteiger partial charge in [0.2, 0.25) is 0 Å². The van der Waals surface area contributed by atoms with E-state index in [-0.39, 0.29) is 54.6 Å². The predicted octanol–water partition coefficient (Wildman–Crippen LogP) is -3.19. The Morgan fingerprint density at radius 1 is 0.588 bits per heavy atom. The van der Waals surface area contributed by atoms with Crippen LogP contribution in [0.3, 0.4) is 0 Å². The van der Waals surface area contributed by atoms with Crippen LogP contribution in [-0.2, 0) is 76.2 Å². The predicted molar refractivity (Wildman–Crippen MR) is 326 cm³/mol. The largest absolute Gasteiger partial charge is 0.397 e. The van der Waals surface area contributed by atoms with E-state index in [2.05, 4.69) is 19.9 Å². The summed E-state index contributed by atoms with van der Waals surface area (Å²) in [6.45, 7) is 15.9. The van der Waals surface area contributed by atoms with E-state index in [9.17, 15) is 94.4 Å². The fourth-order valence-electron chi connectivity index (χ4n) is 17.8. The zero-order chi connectivity index (χ0) is 71.2. The minimum atomic E-state index is -4.91. The molecule has 0 spiro atoms. The van der Waals surface area contributed by atoms with Gasteiger partial charge in [-0.05, 0) is 126 Å². The number of ketones is 1. The molecule has 10 aliphatic rings. The lowest BCUT2D eigenvalue weighted by molar-refractivity contribution is -0.402. The molecule has 560 valence electrons. The lowest BCUT2D eigenvalue weighted by Gasteiger charge is -2.60. The molecular formula is C64H106O32S. The van der Waals surface area contributed by atoms with Crippen LogP contribution in [0.5, 0.6) is 0 Å². The third kappa shape index (κ3) is 15.4. The van der Waals surface area contributed by atoms with Crippen LogP contribution in [0.15, 0.2) is 11.6 Å². The van der Waals surface area contributed by atoms with Gasteiger partial charge in [-0.3, -0.25) is 9.35 Å². The van der Waals surface area contributed by atoms with Gasteiger partial charge in [-0.2, -0.15) is 8.42 Å². The first-order valence-corrected chi connectivity index (χ1v) is 35.6. The number of carbonyl (C=O) groups excluding carboxylic acids is 1. The minimum absolute atomic E-state index is 0.00585. The molecule has 0 bridgehead atoms. The first-order valence-electron chi connectivity index (χ1n) is 34.2. The Balaban J connectivity index is 0.905. The second-order valence-corrected chi connectivity index (χ2v) is 31.1. The summed E-state index contributed by atoms with van der Waals surface area (Å²) in [6, 6.07) is 0. The molecule has 97 heavy (non-hydrogen) atoms. The maximum absolute atomic E-state index is 13.8. The van der Waals surface area contributed by atoms with Gasteiger partial charge in [0.25, 0.3) is 0 Å². The first kappa shape index (κ1) is 77.8. The average molecular weight is 1420 g/mol. The van der Waals surface area contributed by atoms with Crippen molar-refractivity contribution in [2.45, 2.75) is 323 Å².